The Bertz CT molecular complexity index is 1100. The lowest BCUT2D eigenvalue weighted by Crippen LogP contribution is -2.49. The highest BCUT2D eigenvalue weighted by Crippen LogP contribution is 2.22. The molecule has 1 aromatic carbocycles. The number of carbonyl (C=O) groups excluding carboxylic acids is 1. The maximum atomic E-state index is 12.6. The van der Waals surface area contributed by atoms with Crippen molar-refractivity contribution in [3.63, 3.8) is 0 Å². The molecule has 3 aromatic heterocycles. The standard InChI is InChI=1S/C20H18N6OS/c27-20(15-4-2-1-3-5-15)25-11-9-24(10-12-25)18-7-6-17-21-22-19(26(17)23-18)16-8-13-28-14-16/h1-8,13-14H,9-12H2. The first-order chi connectivity index (χ1) is 13.8. The first-order valence-corrected chi connectivity index (χ1v) is 10.1. The summed E-state index contributed by atoms with van der Waals surface area (Å²) in [6.07, 6.45) is 0. The number of rotatable bonds is 3. The first-order valence-electron chi connectivity index (χ1n) is 9.14. The molecule has 1 aliphatic rings. The van der Waals surface area contributed by atoms with E-state index in [2.05, 4.69) is 15.1 Å². The Morgan fingerprint density at radius 1 is 0.929 bits per heavy atom. The summed E-state index contributed by atoms with van der Waals surface area (Å²) in [6, 6.07) is 15.4. The van der Waals surface area contributed by atoms with Crippen molar-refractivity contribution in [3.8, 4) is 11.4 Å². The maximum absolute atomic E-state index is 12.6. The van der Waals surface area contributed by atoms with Crippen molar-refractivity contribution in [2.75, 3.05) is 31.1 Å². The van der Waals surface area contributed by atoms with E-state index in [1.807, 2.05) is 64.2 Å². The van der Waals surface area contributed by atoms with E-state index in [0.29, 0.717) is 13.1 Å². The average Bonchev–Trinajstić information content (AvgIpc) is 3.43. The van der Waals surface area contributed by atoms with Crippen LogP contribution >= 0.6 is 11.3 Å². The highest BCUT2D eigenvalue weighted by molar-refractivity contribution is 7.08. The van der Waals surface area contributed by atoms with Gasteiger partial charge in [-0.3, -0.25) is 4.79 Å². The number of thiophene rings is 1. The third kappa shape index (κ3) is 3.01. The fourth-order valence-electron chi connectivity index (χ4n) is 3.42. The Labute approximate surface area is 165 Å². The van der Waals surface area contributed by atoms with Crippen LogP contribution in [0, 0.1) is 0 Å². The fraction of sp³-hybridized carbons (Fsp3) is 0.200. The van der Waals surface area contributed by atoms with Gasteiger partial charge in [0, 0.05) is 42.7 Å². The van der Waals surface area contributed by atoms with Gasteiger partial charge in [0.15, 0.2) is 11.5 Å². The highest BCUT2D eigenvalue weighted by Gasteiger charge is 2.23. The van der Waals surface area contributed by atoms with Crippen molar-refractivity contribution in [2.45, 2.75) is 0 Å². The van der Waals surface area contributed by atoms with E-state index in [0.717, 1.165) is 41.5 Å². The molecular formula is C20H18N6OS. The van der Waals surface area contributed by atoms with Crippen LogP contribution in [0.5, 0.6) is 0 Å². The molecule has 0 atom stereocenters. The summed E-state index contributed by atoms with van der Waals surface area (Å²) >= 11 is 1.62. The molecule has 4 aromatic rings. The van der Waals surface area contributed by atoms with Gasteiger partial charge >= 0.3 is 0 Å². The Balaban J connectivity index is 1.34. The highest BCUT2D eigenvalue weighted by atomic mass is 32.1. The van der Waals surface area contributed by atoms with Crippen LogP contribution in [0.2, 0.25) is 0 Å². The molecule has 1 amide bonds. The van der Waals surface area contributed by atoms with Crippen molar-refractivity contribution in [2.24, 2.45) is 0 Å². The second kappa shape index (κ2) is 7.05. The molecule has 28 heavy (non-hydrogen) atoms. The minimum Gasteiger partial charge on any atom is -0.352 e. The lowest BCUT2D eigenvalue weighted by molar-refractivity contribution is 0.0746. The molecule has 0 unspecified atom stereocenters. The van der Waals surface area contributed by atoms with Gasteiger partial charge in [0.1, 0.15) is 5.82 Å². The molecular weight excluding hydrogens is 372 g/mol. The SMILES string of the molecule is O=C(c1ccccc1)N1CCN(c2ccc3nnc(-c4ccsc4)n3n2)CC1. The number of anilines is 1. The molecule has 1 saturated heterocycles. The predicted octanol–water partition coefficient (Wildman–Crippen LogP) is 2.82. The molecule has 0 radical (unpaired) electrons. The van der Waals surface area contributed by atoms with Crippen molar-refractivity contribution in [1.29, 1.82) is 0 Å². The van der Waals surface area contributed by atoms with E-state index in [4.69, 9.17) is 5.10 Å². The van der Waals surface area contributed by atoms with Gasteiger partial charge in [-0.25, -0.2) is 0 Å². The van der Waals surface area contributed by atoms with Crippen molar-refractivity contribution < 1.29 is 4.79 Å². The monoisotopic (exact) mass is 390 g/mol. The number of benzene rings is 1. The largest absolute Gasteiger partial charge is 0.352 e. The lowest BCUT2D eigenvalue weighted by atomic mass is 10.2. The Kier molecular flexibility index (Phi) is 4.25. The van der Waals surface area contributed by atoms with Crippen LogP contribution in [0.3, 0.4) is 0 Å². The van der Waals surface area contributed by atoms with E-state index in [1.54, 1.807) is 15.9 Å². The van der Waals surface area contributed by atoms with Crippen LogP contribution in [0.25, 0.3) is 17.0 Å². The van der Waals surface area contributed by atoms with E-state index in [9.17, 15) is 4.79 Å². The zero-order chi connectivity index (χ0) is 18.9. The number of hydrogen-bond donors (Lipinski definition) is 0. The third-order valence-electron chi connectivity index (χ3n) is 4.94. The summed E-state index contributed by atoms with van der Waals surface area (Å²) in [6.45, 7) is 2.83. The number of nitrogens with zero attached hydrogens (tertiary/aromatic N) is 6. The van der Waals surface area contributed by atoms with Crippen LogP contribution < -0.4 is 4.90 Å². The van der Waals surface area contributed by atoms with Crippen molar-refractivity contribution in [3.05, 3.63) is 64.9 Å². The van der Waals surface area contributed by atoms with Gasteiger partial charge in [-0.15, -0.1) is 15.3 Å². The average molecular weight is 390 g/mol. The molecule has 0 saturated carbocycles. The van der Waals surface area contributed by atoms with Gasteiger partial charge in [0.05, 0.1) is 0 Å². The van der Waals surface area contributed by atoms with Crippen LogP contribution in [-0.2, 0) is 0 Å². The second-order valence-electron chi connectivity index (χ2n) is 6.64. The number of amides is 1. The van der Waals surface area contributed by atoms with Gasteiger partial charge in [-0.1, -0.05) is 18.2 Å². The van der Waals surface area contributed by atoms with Crippen LogP contribution in [0.15, 0.2) is 59.3 Å². The summed E-state index contributed by atoms with van der Waals surface area (Å²) in [4.78, 5) is 16.7. The summed E-state index contributed by atoms with van der Waals surface area (Å²) in [5, 5.41) is 17.3. The topological polar surface area (TPSA) is 66.6 Å². The molecule has 5 rings (SSSR count). The Hall–Kier alpha value is -3.26. The van der Waals surface area contributed by atoms with Gasteiger partial charge in [-0.05, 0) is 35.7 Å². The molecule has 0 bridgehead atoms. The molecule has 1 aliphatic heterocycles. The van der Waals surface area contributed by atoms with E-state index in [-0.39, 0.29) is 5.91 Å². The van der Waals surface area contributed by atoms with Gasteiger partial charge in [0.2, 0.25) is 0 Å². The lowest BCUT2D eigenvalue weighted by Gasteiger charge is -2.35. The quantitative estimate of drug-likeness (QED) is 0.538. The molecule has 140 valence electrons. The van der Waals surface area contributed by atoms with Crippen molar-refractivity contribution in [1.82, 2.24) is 24.7 Å². The smallest absolute Gasteiger partial charge is 0.253 e. The summed E-state index contributed by atoms with van der Waals surface area (Å²) < 4.78 is 1.79. The predicted molar refractivity (Wildman–Crippen MR) is 109 cm³/mol. The number of aromatic nitrogens is 4. The minimum absolute atomic E-state index is 0.0854. The number of hydrogen-bond acceptors (Lipinski definition) is 6. The molecule has 4 heterocycles. The summed E-state index contributed by atoms with van der Waals surface area (Å²) in [5.41, 5.74) is 2.48. The Morgan fingerprint density at radius 3 is 2.50 bits per heavy atom. The molecule has 8 heteroatoms. The van der Waals surface area contributed by atoms with Gasteiger partial charge in [0.25, 0.3) is 5.91 Å². The van der Waals surface area contributed by atoms with Crippen LogP contribution in [0.4, 0.5) is 5.82 Å². The van der Waals surface area contributed by atoms with Crippen LogP contribution in [-0.4, -0.2) is 56.8 Å². The first kappa shape index (κ1) is 16.9. The van der Waals surface area contributed by atoms with E-state index in [1.165, 1.54) is 0 Å². The summed E-state index contributed by atoms with van der Waals surface area (Å²) in [5.74, 6) is 1.70. The third-order valence-corrected chi connectivity index (χ3v) is 5.62. The number of carbonyl (C=O) groups is 1. The molecule has 0 N–H and O–H groups in total. The molecule has 0 aliphatic carbocycles. The number of fused-ring (bicyclic) bond motifs is 1. The van der Waals surface area contributed by atoms with E-state index >= 15 is 0 Å². The second-order valence-corrected chi connectivity index (χ2v) is 7.42. The van der Waals surface area contributed by atoms with Crippen LogP contribution in [0.1, 0.15) is 10.4 Å². The summed E-state index contributed by atoms with van der Waals surface area (Å²) in [7, 11) is 0. The van der Waals surface area contributed by atoms with Crippen molar-refractivity contribution >= 4 is 28.7 Å². The normalized spacial score (nSPS) is 14.6. The molecule has 1 fully saturated rings. The Morgan fingerprint density at radius 2 is 1.75 bits per heavy atom. The van der Waals surface area contributed by atoms with E-state index < -0.39 is 0 Å². The zero-order valence-corrected chi connectivity index (χ0v) is 15.9. The van der Waals surface area contributed by atoms with Gasteiger partial charge < -0.3 is 9.80 Å². The zero-order valence-electron chi connectivity index (χ0n) is 15.1. The minimum atomic E-state index is 0.0854. The molecule has 0 spiro atoms. The van der Waals surface area contributed by atoms with Gasteiger partial charge in [-0.2, -0.15) is 15.9 Å². The fourth-order valence-corrected chi connectivity index (χ4v) is 4.06. The molecule has 7 nitrogen and oxygen atoms in total. The number of piperazine rings is 1. The maximum Gasteiger partial charge on any atom is 0.253 e.